The molecule has 26 heavy (non-hydrogen) atoms. The van der Waals surface area contributed by atoms with Crippen molar-refractivity contribution in [2.75, 3.05) is 38.2 Å². The SMILES string of the molecule is COc1ccc(CNC(=O)c2cnc(N3CCN(C=O)CC3)cn2)cc1. The van der Waals surface area contributed by atoms with Crippen molar-refractivity contribution >= 4 is 18.1 Å². The lowest BCUT2D eigenvalue weighted by molar-refractivity contribution is -0.118. The number of ether oxygens (including phenoxy) is 1. The summed E-state index contributed by atoms with van der Waals surface area (Å²) in [5, 5.41) is 2.82. The number of aromatic nitrogens is 2. The summed E-state index contributed by atoms with van der Waals surface area (Å²) in [6, 6.07) is 7.49. The van der Waals surface area contributed by atoms with Crippen LogP contribution in [-0.2, 0) is 11.3 Å². The predicted molar refractivity (Wildman–Crippen MR) is 96.0 cm³/mol. The molecule has 0 radical (unpaired) electrons. The van der Waals surface area contributed by atoms with Gasteiger partial charge in [0.15, 0.2) is 0 Å². The highest BCUT2D eigenvalue weighted by Gasteiger charge is 2.17. The third kappa shape index (κ3) is 4.27. The molecule has 1 aliphatic heterocycles. The molecular weight excluding hydrogens is 334 g/mol. The number of carbonyl (C=O) groups is 2. The number of nitrogens with one attached hydrogen (secondary N) is 1. The standard InChI is InChI=1S/C18H21N5O3/c1-26-15-4-2-14(3-5-15)10-21-18(25)16-11-20-17(12-19-16)23-8-6-22(13-24)7-9-23/h2-5,11-13H,6-10H2,1H3,(H,21,25). The van der Waals surface area contributed by atoms with E-state index in [0.717, 1.165) is 17.7 Å². The van der Waals surface area contributed by atoms with Gasteiger partial charge in [-0.05, 0) is 17.7 Å². The maximum atomic E-state index is 12.2. The number of hydrogen-bond donors (Lipinski definition) is 1. The van der Waals surface area contributed by atoms with Crippen molar-refractivity contribution in [3.8, 4) is 5.75 Å². The number of amides is 2. The number of piperazine rings is 1. The first-order valence-corrected chi connectivity index (χ1v) is 8.37. The molecule has 1 aromatic heterocycles. The summed E-state index contributed by atoms with van der Waals surface area (Å²) >= 11 is 0. The fraction of sp³-hybridized carbons (Fsp3) is 0.333. The minimum Gasteiger partial charge on any atom is -0.497 e. The molecule has 0 unspecified atom stereocenters. The average Bonchev–Trinajstić information content (AvgIpc) is 2.72. The molecule has 2 aromatic rings. The molecule has 136 valence electrons. The van der Waals surface area contributed by atoms with Gasteiger partial charge in [-0.2, -0.15) is 0 Å². The molecule has 2 heterocycles. The molecule has 1 aromatic carbocycles. The van der Waals surface area contributed by atoms with E-state index < -0.39 is 0 Å². The maximum absolute atomic E-state index is 12.2. The zero-order chi connectivity index (χ0) is 18.4. The van der Waals surface area contributed by atoms with E-state index in [0.29, 0.717) is 38.5 Å². The maximum Gasteiger partial charge on any atom is 0.271 e. The van der Waals surface area contributed by atoms with E-state index in [1.54, 1.807) is 18.2 Å². The number of anilines is 1. The summed E-state index contributed by atoms with van der Waals surface area (Å²) in [6.45, 7) is 3.14. The van der Waals surface area contributed by atoms with Crippen LogP contribution < -0.4 is 15.0 Å². The molecule has 1 aliphatic rings. The lowest BCUT2D eigenvalue weighted by Gasteiger charge is -2.33. The highest BCUT2D eigenvalue weighted by atomic mass is 16.5. The first-order valence-electron chi connectivity index (χ1n) is 8.37. The van der Waals surface area contributed by atoms with Crippen molar-refractivity contribution in [2.24, 2.45) is 0 Å². The fourth-order valence-electron chi connectivity index (χ4n) is 2.67. The Bertz CT molecular complexity index is 740. The number of methoxy groups -OCH3 is 1. The zero-order valence-electron chi connectivity index (χ0n) is 14.6. The summed E-state index contributed by atoms with van der Waals surface area (Å²) < 4.78 is 5.11. The van der Waals surface area contributed by atoms with Gasteiger partial charge in [-0.3, -0.25) is 9.59 Å². The molecular formula is C18H21N5O3. The molecule has 8 nitrogen and oxygen atoms in total. The highest BCUT2D eigenvalue weighted by Crippen LogP contribution is 2.13. The van der Waals surface area contributed by atoms with Gasteiger partial charge in [-0.15, -0.1) is 0 Å². The van der Waals surface area contributed by atoms with Crippen LogP contribution in [0.5, 0.6) is 5.75 Å². The van der Waals surface area contributed by atoms with Crippen molar-refractivity contribution in [2.45, 2.75) is 6.54 Å². The molecule has 1 N–H and O–H groups in total. The minimum atomic E-state index is -0.273. The monoisotopic (exact) mass is 355 g/mol. The topological polar surface area (TPSA) is 87.7 Å². The number of rotatable bonds is 6. The molecule has 0 bridgehead atoms. The lowest BCUT2D eigenvalue weighted by atomic mass is 10.2. The molecule has 0 spiro atoms. The summed E-state index contributed by atoms with van der Waals surface area (Å²) in [5.41, 5.74) is 1.24. The van der Waals surface area contributed by atoms with Crippen molar-refractivity contribution < 1.29 is 14.3 Å². The van der Waals surface area contributed by atoms with E-state index in [-0.39, 0.29) is 11.6 Å². The number of hydrogen-bond acceptors (Lipinski definition) is 6. The normalized spacial score (nSPS) is 14.0. The van der Waals surface area contributed by atoms with Gasteiger partial charge >= 0.3 is 0 Å². The Hall–Kier alpha value is -3.16. The summed E-state index contributed by atoms with van der Waals surface area (Å²) in [7, 11) is 1.61. The van der Waals surface area contributed by atoms with Crippen LogP contribution in [0.25, 0.3) is 0 Å². The van der Waals surface area contributed by atoms with Gasteiger partial charge in [-0.1, -0.05) is 12.1 Å². The van der Waals surface area contributed by atoms with Crippen LogP contribution in [-0.4, -0.2) is 60.5 Å². The van der Waals surface area contributed by atoms with E-state index in [1.165, 1.54) is 6.20 Å². The Morgan fingerprint density at radius 1 is 1.15 bits per heavy atom. The second-order valence-corrected chi connectivity index (χ2v) is 5.92. The summed E-state index contributed by atoms with van der Waals surface area (Å²) in [6.07, 6.45) is 3.93. The Labute approximate surface area is 151 Å². The smallest absolute Gasteiger partial charge is 0.271 e. The fourth-order valence-corrected chi connectivity index (χ4v) is 2.67. The molecule has 0 atom stereocenters. The number of carbonyl (C=O) groups excluding carboxylic acids is 2. The zero-order valence-corrected chi connectivity index (χ0v) is 14.6. The first kappa shape index (κ1) is 17.7. The van der Waals surface area contributed by atoms with Crippen LogP contribution in [0.15, 0.2) is 36.7 Å². The van der Waals surface area contributed by atoms with Gasteiger partial charge in [0.1, 0.15) is 17.3 Å². The molecule has 2 amide bonds. The van der Waals surface area contributed by atoms with E-state index in [2.05, 4.69) is 15.3 Å². The first-order chi connectivity index (χ1) is 12.7. The lowest BCUT2D eigenvalue weighted by Crippen LogP contribution is -2.46. The Balaban J connectivity index is 1.54. The van der Waals surface area contributed by atoms with Gasteiger partial charge in [0.25, 0.3) is 5.91 Å². The van der Waals surface area contributed by atoms with E-state index in [1.807, 2.05) is 29.2 Å². The van der Waals surface area contributed by atoms with Gasteiger partial charge in [0.2, 0.25) is 6.41 Å². The highest BCUT2D eigenvalue weighted by molar-refractivity contribution is 5.91. The Morgan fingerprint density at radius 2 is 1.88 bits per heavy atom. The third-order valence-corrected chi connectivity index (χ3v) is 4.27. The second kappa shape index (κ2) is 8.28. The summed E-state index contributed by atoms with van der Waals surface area (Å²) in [4.78, 5) is 35.3. The number of benzene rings is 1. The Morgan fingerprint density at radius 3 is 2.46 bits per heavy atom. The average molecular weight is 355 g/mol. The third-order valence-electron chi connectivity index (χ3n) is 4.27. The van der Waals surface area contributed by atoms with Gasteiger partial charge in [0, 0.05) is 32.7 Å². The van der Waals surface area contributed by atoms with E-state index in [9.17, 15) is 9.59 Å². The van der Waals surface area contributed by atoms with Gasteiger partial charge < -0.3 is 19.9 Å². The van der Waals surface area contributed by atoms with Crippen LogP contribution in [0, 0.1) is 0 Å². The number of nitrogens with zero attached hydrogens (tertiary/aromatic N) is 4. The molecule has 0 aliphatic carbocycles. The van der Waals surface area contributed by atoms with Crippen LogP contribution in [0.4, 0.5) is 5.82 Å². The second-order valence-electron chi connectivity index (χ2n) is 5.92. The van der Waals surface area contributed by atoms with E-state index in [4.69, 9.17) is 4.74 Å². The van der Waals surface area contributed by atoms with Crippen molar-refractivity contribution in [1.82, 2.24) is 20.2 Å². The van der Waals surface area contributed by atoms with Crippen LogP contribution in [0.3, 0.4) is 0 Å². The molecule has 8 heteroatoms. The summed E-state index contributed by atoms with van der Waals surface area (Å²) in [5.74, 6) is 1.21. The Kier molecular flexibility index (Phi) is 5.62. The molecule has 0 saturated carbocycles. The molecule has 1 saturated heterocycles. The minimum absolute atomic E-state index is 0.272. The van der Waals surface area contributed by atoms with Crippen molar-refractivity contribution in [3.63, 3.8) is 0 Å². The van der Waals surface area contributed by atoms with E-state index >= 15 is 0 Å². The van der Waals surface area contributed by atoms with Crippen LogP contribution in [0.2, 0.25) is 0 Å². The van der Waals surface area contributed by atoms with Crippen LogP contribution in [0.1, 0.15) is 16.1 Å². The molecule has 3 rings (SSSR count). The largest absolute Gasteiger partial charge is 0.497 e. The van der Waals surface area contributed by atoms with Gasteiger partial charge in [-0.25, -0.2) is 9.97 Å². The predicted octanol–water partition coefficient (Wildman–Crippen LogP) is 0.694. The van der Waals surface area contributed by atoms with Crippen molar-refractivity contribution in [1.29, 1.82) is 0 Å². The van der Waals surface area contributed by atoms with Crippen LogP contribution >= 0.6 is 0 Å². The molecule has 1 fully saturated rings. The quantitative estimate of drug-likeness (QED) is 0.768. The van der Waals surface area contributed by atoms with Gasteiger partial charge in [0.05, 0.1) is 19.5 Å². The van der Waals surface area contributed by atoms with Crippen molar-refractivity contribution in [3.05, 3.63) is 47.9 Å².